The maximum atomic E-state index is 14.0. The van der Waals surface area contributed by atoms with Gasteiger partial charge in [0, 0.05) is 19.5 Å². The van der Waals surface area contributed by atoms with Crippen LogP contribution in [-0.4, -0.2) is 35.9 Å². The molecule has 178 valence electrons. The van der Waals surface area contributed by atoms with Gasteiger partial charge in [0.25, 0.3) is 5.91 Å². The van der Waals surface area contributed by atoms with Gasteiger partial charge in [-0.3, -0.25) is 9.59 Å². The van der Waals surface area contributed by atoms with E-state index in [1.54, 1.807) is 12.1 Å². The highest BCUT2D eigenvalue weighted by atomic mass is 19.1. The highest BCUT2D eigenvalue weighted by molar-refractivity contribution is 5.88. The molecule has 0 unspecified atom stereocenters. The van der Waals surface area contributed by atoms with Crippen molar-refractivity contribution in [3.8, 4) is 5.75 Å². The SMILES string of the molecule is CCCNC(=O)[C@@H](Cc1ccccc1)N(Cc1cccc(C)c1)C(=O)COc1ccccc1F. The first-order chi connectivity index (χ1) is 16.5. The average molecular weight is 463 g/mol. The topological polar surface area (TPSA) is 58.6 Å². The molecule has 34 heavy (non-hydrogen) atoms. The summed E-state index contributed by atoms with van der Waals surface area (Å²) in [7, 11) is 0. The minimum Gasteiger partial charge on any atom is -0.481 e. The molecule has 3 aromatic carbocycles. The maximum Gasteiger partial charge on any atom is 0.261 e. The van der Waals surface area contributed by atoms with Gasteiger partial charge in [-0.2, -0.15) is 0 Å². The van der Waals surface area contributed by atoms with Crippen molar-refractivity contribution in [2.45, 2.75) is 39.3 Å². The Kier molecular flexibility index (Phi) is 9.21. The van der Waals surface area contributed by atoms with Gasteiger partial charge < -0.3 is 15.0 Å². The zero-order chi connectivity index (χ0) is 24.3. The molecule has 5 nitrogen and oxygen atoms in total. The number of halogens is 1. The van der Waals surface area contributed by atoms with Crippen molar-refractivity contribution in [3.63, 3.8) is 0 Å². The van der Waals surface area contributed by atoms with Gasteiger partial charge in [0.1, 0.15) is 6.04 Å². The number of hydrogen-bond donors (Lipinski definition) is 1. The van der Waals surface area contributed by atoms with Crippen molar-refractivity contribution < 1.29 is 18.7 Å². The van der Waals surface area contributed by atoms with Crippen LogP contribution in [0.2, 0.25) is 0 Å². The van der Waals surface area contributed by atoms with Gasteiger partial charge in [0.05, 0.1) is 0 Å². The molecule has 0 fully saturated rings. The van der Waals surface area contributed by atoms with E-state index in [-0.39, 0.29) is 24.8 Å². The molecule has 0 saturated heterocycles. The molecule has 0 aliphatic heterocycles. The summed E-state index contributed by atoms with van der Waals surface area (Å²) in [5.74, 6) is -1.15. The van der Waals surface area contributed by atoms with Crippen molar-refractivity contribution in [1.82, 2.24) is 10.2 Å². The molecule has 0 aliphatic carbocycles. The second-order valence-corrected chi connectivity index (χ2v) is 8.23. The van der Waals surface area contributed by atoms with Crippen LogP contribution in [0, 0.1) is 12.7 Å². The number of hydrogen-bond acceptors (Lipinski definition) is 3. The van der Waals surface area contributed by atoms with Crippen LogP contribution >= 0.6 is 0 Å². The van der Waals surface area contributed by atoms with Crippen LogP contribution in [0.4, 0.5) is 4.39 Å². The first-order valence-electron chi connectivity index (χ1n) is 11.5. The first kappa shape index (κ1) is 25.0. The van der Waals surface area contributed by atoms with Crippen molar-refractivity contribution in [1.29, 1.82) is 0 Å². The van der Waals surface area contributed by atoms with Crippen LogP contribution in [0.5, 0.6) is 5.75 Å². The molecule has 2 amide bonds. The van der Waals surface area contributed by atoms with Crippen LogP contribution in [0.25, 0.3) is 0 Å². The van der Waals surface area contributed by atoms with Crippen LogP contribution in [0.1, 0.15) is 30.0 Å². The Morgan fingerprint density at radius 3 is 2.38 bits per heavy atom. The minimum absolute atomic E-state index is 0.00130. The number of rotatable bonds is 11. The predicted molar refractivity (Wildman–Crippen MR) is 131 cm³/mol. The Balaban J connectivity index is 1.90. The van der Waals surface area contributed by atoms with Crippen molar-refractivity contribution in [2.75, 3.05) is 13.2 Å². The third kappa shape index (κ3) is 7.17. The van der Waals surface area contributed by atoms with E-state index in [0.717, 1.165) is 23.1 Å². The van der Waals surface area contributed by atoms with Crippen molar-refractivity contribution in [2.24, 2.45) is 0 Å². The lowest BCUT2D eigenvalue weighted by Crippen LogP contribution is -2.51. The monoisotopic (exact) mass is 462 g/mol. The summed E-state index contributed by atoms with van der Waals surface area (Å²) in [4.78, 5) is 28.2. The molecule has 0 radical (unpaired) electrons. The van der Waals surface area contributed by atoms with Crippen molar-refractivity contribution >= 4 is 11.8 Å². The number of ether oxygens (including phenoxy) is 1. The summed E-state index contributed by atoms with van der Waals surface area (Å²) < 4.78 is 19.5. The van der Waals surface area contributed by atoms with Gasteiger partial charge in [0.2, 0.25) is 5.91 Å². The molecular formula is C28H31FN2O3. The van der Waals surface area contributed by atoms with Crippen molar-refractivity contribution in [3.05, 3.63) is 101 Å². The molecule has 0 aliphatic rings. The summed E-state index contributed by atoms with van der Waals surface area (Å²) in [5.41, 5.74) is 2.90. The molecule has 6 heteroatoms. The Labute approximate surface area is 200 Å². The Bertz CT molecular complexity index is 1090. The van der Waals surface area contributed by atoms with Gasteiger partial charge in [0.15, 0.2) is 18.2 Å². The molecule has 1 atom stereocenters. The Morgan fingerprint density at radius 2 is 1.68 bits per heavy atom. The summed E-state index contributed by atoms with van der Waals surface area (Å²) in [5, 5.41) is 2.93. The number of nitrogens with zero attached hydrogens (tertiary/aromatic N) is 1. The van der Waals surface area contributed by atoms with E-state index in [4.69, 9.17) is 4.74 Å². The number of carbonyl (C=O) groups excluding carboxylic acids is 2. The number of aryl methyl sites for hydroxylation is 1. The summed E-state index contributed by atoms with van der Waals surface area (Å²) in [6.07, 6.45) is 1.14. The highest BCUT2D eigenvalue weighted by Gasteiger charge is 2.30. The molecule has 1 N–H and O–H groups in total. The summed E-state index contributed by atoms with van der Waals surface area (Å²) in [6, 6.07) is 22.6. The third-order valence-electron chi connectivity index (χ3n) is 5.44. The zero-order valence-corrected chi connectivity index (χ0v) is 19.7. The fourth-order valence-corrected chi connectivity index (χ4v) is 3.71. The molecule has 0 saturated carbocycles. The van der Waals surface area contributed by atoms with Crippen LogP contribution in [0.3, 0.4) is 0 Å². The fourth-order valence-electron chi connectivity index (χ4n) is 3.71. The smallest absolute Gasteiger partial charge is 0.261 e. The third-order valence-corrected chi connectivity index (χ3v) is 5.44. The maximum absolute atomic E-state index is 14.0. The second kappa shape index (κ2) is 12.5. The van der Waals surface area contributed by atoms with E-state index in [0.29, 0.717) is 13.0 Å². The standard InChI is InChI=1S/C28H31FN2O3/c1-3-16-30-28(33)25(18-22-11-5-4-6-12-22)31(19-23-13-9-10-21(2)17-23)27(32)20-34-26-15-8-7-14-24(26)29/h4-15,17,25H,3,16,18-20H2,1-2H3,(H,30,33)/t25-/m1/s1. The number of amides is 2. The van der Waals surface area contributed by atoms with Crippen LogP contribution < -0.4 is 10.1 Å². The molecule has 0 aromatic heterocycles. The lowest BCUT2D eigenvalue weighted by molar-refractivity contribution is -0.142. The molecule has 0 spiro atoms. The number of carbonyl (C=O) groups is 2. The minimum atomic E-state index is -0.744. The van der Waals surface area contributed by atoms with E-state index in [2.05, 4.69) is 5.32 Å². The number of nitrogens with one attached hydrogen (secondary N) is 1. The van der Waals surface area contributed by atoms with E-state index >= 15 is 0 Å². The van der Waals surface area contributed by atoms with E-state index < -0.39 is 17.8 Å². The summed E-state index contributed by atoms with van der Waals surface area (Å²) in [6.45, 7) is 4.33. The molecule has 0 heterocycles. The van der Waals surface area contributed by atoms with Crippen LogP contribution in [-0.2, 0) is 22.6 Å². The highest BCUT2D eigenvalue weighted by Crippen LogP contribution is 2.18. The fraction of sp³-hybridized carbons (Fsp3) is 0.286. The van der Waals surface area contributed by atoms with Gasteiger partial charge >= 0.3 is 0 Å². The average Bonchev–Trinajstić information content (AvgIpc) is 2.84. The molecular weight excluding hydrogens is 431 g/mol. The summed E-state index contributed by atoms with van der Waals surface area (Å²) >= 11 is 0. The normalized spacial score (nSPS) is 11.5. The predicted octanol–water partition coefficient (Wildman–Crippen LogP) is 4.68. The molecule has 3 aromatic rings. The van der Waals surface area contributed by atoms with E-state index in [1.807, 2.05) is 68.4 Å². The van der Waals surface area contributed by atoms with Crippen LogP contribution in [0.15, 0.2) is 78.9 Å². The second-order valence-electron chi connectivity index (χ2n) is 8.23. The Morgan fingerprint density at radius 1 is 0.971 bits per heavy atom. The largest absolute Gasteiger partial charge is 0.481 e. The molecule has 0 bridgehead atoms. The van der Waals surface area contributed by atoms with Gasteiger partial charge in [-0.25, -0.2) is 4.39 Å². The van der Waals surface area contributed by atoms with Gasteiger partial charge in [-0.05, 0) is 36.6 Å². The van der Waals surface area contributed by atoms with E-state index in [1.165, 1.54) is 17.0 Å². The first-order valence-corrected chi connectivity index (χ1v) is 11.5. The molecule has 3 rings (SSSR count). The van der Waals surface area contributed by atoms with Gasteiger partial charge in [-0.15, -0.1) is 0 Å². The quantitative estimate of drug-likeness (QED) is 0.450. The lowest BCUT2D eigenvalue weighted by Gasteiger charge is -2.31. The van der Waals surface area contributed by atoms with Gasteiger partial charge in [-0.1, -0.05) is 79.2 Å². The number of benzene rings is 3. The van der Waals surface area contributed by atoms with E-state index in [9.17, 15) is 14.0 Å². The Hall–Kier alpha value is -3.67. The number of para-hydroxylation sites is 1. The lowest BCUT2D eigenvalue weighted by atomic mass is 10.0. The zero-order valence-electron chi connectivity index (χ0n) is 19.7.